The Kier molecular flexibility index (Phi) is 4.48. The summed E-state index contributed by atoms with van der Waals surface area (Å²) < 4.78 is 6.63. The van der Waals surface area contributed by atoms with Crippen LogP contribution >= 0.6 is 15.9 Å². The number of ether oxygens (including phenoxy) is 1. The quantitative estimate of drug-likeness (QED) is 0.908. The van der Waals surface area contributed by atoms with E-state index >= 15 is 0 Å². The molecule has 1 aromatic rings. The van der Waals surface area contributed by atoms with Crippen LogP contribution < -0.4 is 0 Å². The number of guanidine groups is 1. The van der Waals surface area contributed by atoms with Crippen molar-refractivity contribution >= 4 is 28.1 Å². The third-order valence-corrected chi connectivity index (χ3v) is 3.80. The lowest BCUT2D eigenvalue weighted by atomic mass is 10.0. The number of rotatable bonds is 4. The summed E-state index contributed by atoms with van der Waals surface area (Å²) in [5, 5.41) is 9.00. The highest BCUT2D eigenvalue weighted by Gasteiger charge is 2.32. The SMILES string of the molecule is OCCOC1CC(c2ccccc2)N=C2N=CC(Br)=CN21. The van der Waals surface area contributed by atoms with Crippen molar-refractivity contribution in [2.45, 2.75) is 18.7 Å². The summed E-state index contributed by atoms with van der Waals surface area (Å²) in [4.78, 5) is 11.0. The molecule has 2 atom stereocenters. The number of hydrogen-bond donors (Lipinski definition) is 1. The Morgan fingerprint density at radius 2 is 2.14 bits per heavy atom. The van der Waals surface area contributed by atoms with E-state index in [2.05, 4.69) is 33.1 Å². The fourth-order valence-electron chi connectivity index (χ4n) is 2.44. The maximum absolute atomic E-state index is 9.00. The topological polar surface area (TPSA) is 57.4 Å². The number of aliphatic imine (C=N–C) groups is 2. The van der Waals surface area contributed by atoms with Gasteiger partial charge in [0.15, 0.2) is 0 Å². The minimum atomic E-state index is -0.181. The number of nitrogens with zero attached hydrogens (tertiary/aromatic N) is 3. The molecular weight excluding hydrogens is 334 g/mol. The van der Waals surface area contributed by atoms with E-state index < -0.39 is 0 Å². The van der Waals surface area contributed by atoms with E-state index in [1.165, 1.54) is 0 Å². The number of allylic oxidation sites excluding steroid dienone is 1. The Labute approximate surface area is 131 Å². The zero-order valence-electron chi connectivity index (χ0n) is 11.4. The molecule has 2 aliphatic rings. The second-order valence-electron chi connectivity index (χ2n) is 4.82. The zero-order chi connectivity index (χ0) is 14.7. The van der Waals surface area contributed by atoms with Crippen LogP contribution in [0.15, 0.2) is 51.0 Å². The van der Waals surface area contributed by atoms with E-state index in [1.807, 2.05) is 29.3 Å². The van der Waals surface area contributed by atoms with Crippen LogP contribution in [0.2, 0.25) is 0 Å². The first kappa shape index (κ1) is 14.4. The molecule has 0 amide bonds. The lowest BCUT2D eigenvalue weighted by Crippen LogP contribution is -2.43. The van der Waals surface area contributed by atoms with Gasteiger partial charge in [0.25, 0.3) is 0 Å². The van der Waals surface area contributed by atoms with Gasteiger partial charge in [-0.15, -0.1) is 0 Å². The van der Waals surface area contributed by atoms with Gasteiger partial charge in [0.1, 0.15) is 6.23 Å². The molecular formula is C15H16BrN3O2. The van der Waals surface area contributed by atoms with Crippen LogP contribution in [0.4, 0.5) is 0 Å². The molecule has 0 spiro atoms. The molecule has 0 aromatic heterocycles. The predicted octanol–water partition coefficient (Wildman–Crippen LogP) is 2.45. The summed E-state index contributed by atoms with van der Waals surface area (Å²) in [6.07, 6.45) is 4.18. The van der Waals surface area contributed by atoms with E-state index in [4.69, 9.17) is 14.8 Å². The number of hydrogen-bond acceptors (Lipinski definition) is 5. The summed E-state index contributed by atoms with van der Waals surface area (Å²) in [5.41, 5.74) is 1.14. The molecule has 2 heterocycles. The van der Waals surface area contributed by atoms with Crippen molar-refractivity contribution in [1.82, 2.24) is 4.90 Å². The molecule has 3 rings (SSSR count). The highest BCUT2D eigenvalue weighted by atomic mass is 79.9. The van der Waals surface area contributed by atoms with Gasteiger partial charge < -0.3 is 9.84 Å². The third kappa shape index (κ3) is 3.23. The molecule has 0 saturated heterocycles. The minimum Gasteiger partial charge on any atom is -0.394 e. The lowest BCUT2D eigenvalue weighted by molar-refractivity contribution is -0.0373. The first-order valence-electron chi connectivity index (χ1n) is 6.83. The number of halogens is 1. The average Bonchev–Trinajstić information content (AvgIpc) is 2.53. The second-order valence-corrected chi connectivity index (χ2v) is 5.74. The van der Waals surface area contributed by atoms with Crippen molar-refractivity contribution in [3.8, 4) is 0 Å². The van der Waals surface area contributed by atoms with Crippen molar-refractivity contribution in [3.05, 3.63) is 46.6 Å². The van der Waals surface area contributed by atoms with Gasteiger partial charge in [0.05, 0.1) is 23.7 Å². The van der Waals surface area contributed by atoms with Crippen molar-refractivity contribution in [2.75, 3.05) is 13.2 Å². The third-order valence-electron chi connectivity index (χ3n) is 3.39. The molecule has 0 bridgehead atoms. The molecule has 21 heavy (non-hydrogen) atoms. The maximum atomic E-state index is 9.00. The minimum absolute atomic E-state index is 0.000964. The fraction of sp³-hybridized carbons (Fsp3) is 0.333. The molecule has 110 valence electrons. The number of aliphatic hydroxyl groups is 1. The molecule has 1 N–H and O–H groups in total. The van der Waals surface area contributed by atoms with Gasteiger partial charge in [-0.2, -0.15) is 0 Å². The smallest absolute Gasteiger partial charge is 0.227 e. The fourth-order valence-corrected chi connectivity index (χ4v) is 2.76. The molecule has 5 nitrogen and oxygen atoms in total. The van der Waals surface area contributed by atoms with Gasteiger partial charge in [-0.3, -0.25) is 4.90 Å². The molecule has 6 heteroatoms. The van der Waals surface area contributed by atoms with Gasteiger partial charge in [-0.1, -0.05) is 30.3 Å². The van der Waals surface area contributed by atoms with E-state index in [0.29, 0.717) is 12.6 Å². The highest BCUT2D eigenvalue weighted by molar-refractivity contribution is 9.12. The molecule has 2 aliphatic heterocycles. The van der Waals surface area contributed by atoms with Gasteiger partial charge in [0.2, 0.25) is 5.96 Å². The van der Waals surface area contributed by atoms with Crippen LogP contribution in [0.3, 0.4) is 0 Å². The van der Waals surface area contributed by atoms with Crippen LogP contribution in [-0.2, 0) is 4.74 Å². The zero-order valence-corrected chi connectivity index (χ0v) is 13.0. The second kappa shape index (κ2) is 6.51. The molecule has 0 fully saturated rings. The summed E-state index contributed by atoms with van der Waals surface area (Å²) in [6.45, 7) is 0.298. The highest BCUT2D eigenvalue weighted by Crippen LogP contribution is 2.32. The molecule has 0 radical (unpaired) electrons. The van der Waals surface area contributed by atoms with Crippen molar-refractivity contribution in [3.63, 3.8) is 0 Å². The van der Waals surface area contributed by atoms with E-state index in [1.54, 1.807) is 6.21 Å². The van der Waals surface area contributed by atoms with Crippen LogP contribution in [0, 0.1) is 0 Å². The predicted molar refractivity (Wildman–Crippen MR) is 85.4 cm³/mol. The Morgan fingerprint density at radius 3 is 2.90 bits per heavy atom. The number of aliphatic hydroxyl groups excluding tert-OH is 1. The van der Waals surface area contributed by atoms with Gasteiger partial charge >= 0.3 is 0 Å². The Morgan fingerprint density at radius 1 is 1.33 bits per heavy atom. The monoisotopic (exact) mass is 349 g/mol. The summed E-state index contributed by atoms with van der Waals surface area (Å²) in [5.74, 6) is 0.640. The maximum Gasteiger partial charge on any atom is 0.227 e. The first-order chi connectivity index (χ1) is 10.3. The van der Waals surface area contributed by atoms with Gasteiger partial charge in [0, 0.05) is 18.8 Å². The van der Waals surface area contributed by atoms with Crippen LogP contribution in [0.5, 0.6) is 0 Å². The van der Waals surface area contributed by atoms with Crippen molar-refractivity contribution in [2.24, 2.45) is 9.98 Å². The van der Waals surface area contributed by atoms with E-state index in [-0.39, 0.29) is 18.9 Å². The number of fused-ring (bicyclic) bond motifs is 1. The summed E-state index contributed by atoms with van der Waals surface area (Å²) in [7, 11) is 0. The van der Waals surface area contributed by atoms with Gasteiger partial charge in [-0.25, -0.2) is 9.98 Å². The Bertz CT molecular complexity index is 586. The standard InChI is InChI=1S/C15H16BrN3O2/c16-12-9-17-15-18-13(11-4-2-1-3-5-11)8-14(19(15)10-12)21-7-6-20/h1-5,9-10,13-14,20H,6-8H2. The normalized spacial score (nSPS) is 24.4. The largest absolute Gasteiger partial charge is 0.394 e. The molecule has 0 aliphatic carbocycles. The number of benzene rings is 1. The van der Waals surface area contributed by atoms with Crippen LogP contribution in [-0.4, -0.2) is 41.6 Å². The first-order valence-corrected chi connectivity index (χ1v) is 7.62. The molecule has 1 aromatic carbocycles. The van der Waals surface area contributed by atoms with Crippen molar-refractivity contribution in [1.29, 1.82) is 0 Å². The lowest BCUT2D eigenvalue weighted by Gasteiger charge is -2.37. The Balaban J connectivity index is 1.89. The summed E-state index contributed by atoms with van der Waals surface area (Å²) >= 11 is 3.42. The van der Waals surface area contributed by atoms with Gasteiger partial charge in [-0.05, 0) is 21.5 Å². The van der Waals surface area contributed by atoms with Crippen LogP contribution in [0.1, 0.15) is 18.0 Å². The molecule has 0 saturated carbocycles. The van der Waals surface area contributed by atoms with E-state index in [0.717, 1.165) is 16.5 Å². The van der Waals surface area contributed by atoms with Crippen LogP contribution in [0.25, 0.3) is 0 Å². The average molecular weight is 350 g/mol. The Hall–Kier alpha value is -1.50. The van der Waals surface area contributed by atoms with E-state index in [9.17, 15) is 0 Å². The summed E-state index contributed by atoms with van der Waals surface area (Å²) in [6, 6.07) is 10.1. The van der Waals surface area contributed by atoms with Crippen molar-refractivity contribution < 1.29 is 9.84 Å². The molecule has 2 unspecified atom stereocenters.